The third kappa shape index (κ3) is 3.66. The lowest BCUT2D eigenvalue weighted by molar-refractivity contribution is -0.128. The molecule has 4 aliphatic carbocycles. The number of fused-ring (bicyclic) bond motifs is 5. The van der Waals surface area contributed by atoms with Gasteiger partial charge < -0.3 is 5.11 Å². The number of aliphatic hydroxyl groups excluding tert-OH is 1. The molecular weight excluding hydrogens is 352 g/mol. The van der Waals surface area contributed by atoms with Crippen molar-refractivity contribution in [3.05, 3.63) is 12.2 Å². The monoisotopic (exact) mass is 400 g/mol. The Hall–Kier alpha value is -0.300. The SMILES string of the molecule is CC(C)C(C)/C=C/C(C)C1CCC2C3CC[C@H]4C[C@H](O)CCC4(C)C3CCC12C. The predicted octanol–water partition coefficient (Wildman–Crippen LogP) is 7.49. The summed E-state index contributed by atoms with van der Waals surface area (Å²) < 4.78 is 0. The van der Waals surface area contributed by atoms with Crippen LogP contribution in [0.4, 0.5) is 0 Å². The van der Waals surface area contributed by atoms with Gasteiger partial charge in [0.1, 0.15) is 0 Å². The maximum atomic E-state index is 10.3. The van der Waals surface area contributed by atoms with E-state index in [-0.39, 0.29) is 6.10 Å². The molecule has 0 aromatic rings. The van der Waals surface area contributed by atoms with E-state index in [9.17, 15) is 5.11 Å². The van der Waals surface area contributed by atoms with E-state index in [2.05, 4.69) is 53.7 Å². The van der Waals surface area contributed by atoms with E-state index < -0.39 is 0 Å². The quantitative estimate of drug-likeness (QED) is 0.485. The smallest absolute Gasteiger partial charge is 0.0543 e. The number of hydrogen-bond acceptors (Lipinski definition) is 1. The van der Waals surface area contributed by atoms with Crippen LogP contribution < -0.4 is 0 Å². The van der Waals surface area contributed by atoms with Gasteiger partial charge in [0, 0.05) is 0 Å². The summed E-state index contributed by atoms with van der Waals surface area (Å²) in [6, 6.07) is 0. The van der Waals surface area contributed by atoms with Gasteiger partial charge in [-0.05, 0) is 116 Å². The second-order valence-corrected chi connectivity index (χ2v) is 12.7. The molecular formula is C28H48O. The molecule has 0 spiro atoms. The Morgan fingerprint density at radius 2 is 1.48 bits per heavy atom. The van der Waals surface area contributed by atoms with Crippen LogP contribution in [-0.2, 0) is 0 Å². The first-order valence-corrected chi connectivity index (χ1v) is 13.0. The number of aliphatic hydroxyl groups is 1. The van der Waals surface area contributed by atoms with E-state index in [1.165, 1.54) is 44.9 Å². The van der Waals surface area contributed by atoms with Gasteiger partial charge in [0.15, 0.2) is 0 Å². The zero-order valence-electron chi connectivity index (χ0n) is 20.2. The normalized spacial score (nSPS) is 49.5. The summed E-state index contributed by atoms with van der Waals surface area (Å²) in [5, 5.41) is 10.3. The van der Waals surface area contributed by atoms with Gasteiger partial charge in [-0.2, -0.15) is 0 Å². The van der Waals surface area contributed by atoms with Crippen LogP contribution in [0.5, 0.6) is 0 Å². The van der Waals surface area contributed by atoms with E-state index in [1.807, 2.05) is 0 Å². The Labute approximate surface area is 181 Å². The first-order chi connectivity index (χ1) is 13.7. The molecule has 10 atom stereocenters. The van der Waals surface area contributed by atoms with E-state index in [0.29, 0.717) is 16.7 Å². The maximum Gasteiger partial charge on any atom is 0.0543 e. The first-order valence-electron chi connectivity index (χ1n) is 13.0. The average Bonchev–Trinajstić information content (AvgIpc) is 3.03. The molecule has 0 aromatic heterocycles. The van der Waals surface area contributed by atoms with Crippen molar-refractivity contribution >= 4 is 0 Å². The van der Waals surface area contributed by atoms with Crippen molar-refractivity contribution in [2.24, 2.45) is 58.2 Å². The Bertz CT molecular complexity index is 607. The summed E-state index contributed by atoms with van der Waals surface area (Å²) in [6.07, 6.45) is 17.1. The Balaban J connectivity index is 1.50. The van der Waals surface area contributed by atoms with E-state index in [0.717, 1.165) is 54.3 Å². The summed E-state index contributed by atoms with van der Waals surface area (Å²) >= 11 is 0. The molecule has 29 heavy (non-hydrogen) atoms. The molecule has 4 aliphatic rings. The summed E-state index contributed by atoms with van der Waals surface area (Å²) in [6.45, 7) is 14.9. The highest BCUT2D eigenvalue weighted by molar-refractivity contribution is 5.11. The molecule has 1 N–H and O–H groups in total. The van der Waals surface area contributed by atoms with Crippen LogP contribution in [0.15, 0.2) is 12.2 Å². The molecule has 0 amide bonds. The van der Waals surface area contributed by atoms with Crippen molar-refractivity contribution in [3.8, 4) is 0 Å². The molecule has 4 fully saturated rings. The molecule has 4 saturated carbocycles. The Morgan fingerprint density at radius 1 is 0.793 bits per heavy atom. The minimum atomic E-state index is -0.0183. The van der Waals surface area contributed by atoms with Crippen molar-refractivity contribution in [1.82, 2.24) is 0 Å². The predicted molar refractivity (Wildman–Crippen MR) is 124 cm³/mol. The van der Waals surface area contributed by atoms with E-state index in [4.69, 9.17) is 0 Å². The van der Waals surface area contributed by atoms with Crippen LogP contribution in [0.1, 0.15) is 99.3 Å². The van der Waals surface area contributed by atoms with Gasteiger partial charge >= 0.3 is 0 Å². The largest absolute Gasteiger partial charge is 0.393 e. The van der Waals surface area contributed by atoms with Crippen molar-refractivity contribution < 1.29 is 5.11 Å². The molecule has 0 aromatic carbocycles. The van der Waals surface area contributed by atoms with Crippen molar-refractivity contribution in [2.75, 3.05) is 0 Å². The minimum absolute atomic E-state index is 0.0183. The second kappa shape index (κ2) is 7.99. The van der Waals surface area contributed by atoms with Crippen LogP contribution in [0.25, 0.3) is 0 Å². The molecule has 4 rings (SSSR count). The standard InChI is InChI=1S/C28H48O/c1-18(2)19(3)7-8-20(4)24-11-12-25-23-10-9-21-17-22(29)13-15-27(21,5)26(23)14-16-28(24,25)6/h7-8,18-26,29H,9-17H2,1-6H3/b8-7+/t19?,20?,21-,22+,23?,24?,25?,26?,27?,28?/m0/s1. The number of allylic oxidation sites excluding steroid dienone is 2. The van der Waals surface area contributed by atoms with Crippen LogP contribution in [0.2, 0.25) is 0 Å². The highest BCUT2D eigenvalue weighted by Crippen LogP contribution is 2.68. The number of hydrogen-bond donors (Lipinski definition) is 1. The molecule has 0 bridgehead atoms. The van der Waals surface area contributed by atoms with Crippen LogP contribution in [0, 0.1) is 58.2 Å². The third-order valence-electron chi connectivity index (χ3n) is 11.1. The fourth-order valence-electron chi connectivity index (χ4n) is 8.85. The summed E-state index contributed by atoms with van der Waals surface area (Å²) in [5.41, 5.74) is 1.07. The average molecular weight is 401 g/mol. The zero-order chi connectivity index (χ0) is 21.0. The van der Waals surface area contributed by atoms with Crippen LogP contribution >= 0.6 is 0 Å². The topological polar surface area (TPSA) is 20.2 Å². The highest BCUT2D eigenvalue weighted by Gasteiger charge is 2.60. The molecule has 0 aliphatic heterocycles. The van der Waals surface area contributed by atoms with Gasteiger partial charge in [-0.3, -0.25) is 0 Å². The fraction of sp³-hybridized carbons (Fsp3) is 0.929. The van der Waals surface area contributed by atoms with Gasteiger partial charge in [0.05, 0.1) is 6.10 Å². The highest BCUT2D eigenvalue weighted by atomic mass is 16.3. The third-order valence-corrected chi connectivity index (χ3v) is 11.1. The molecule has 1 nitrogen and oxygen atoms in total. The molecule has 0 saturated heterocycles. The van der Waals surface area contributed by atoms with Crippen molar-refractivity contribution in [3.63, 3.8) is 0 Å². The van der Waals surface area contributed by atoms with Gasteiger partial charge in [0.25, 0.3) is 0 Å². The van der Waals surface area contributed by atoms with Gasteiger partial charge in [-0.15, -0.1) is 0 Å². The minimum Gasteiger partial charge on any atom is -0.393 e. The first kappa shape index (κ1) is 21.9. The molecule has 8 unspecified atom stereocenters. The number of rotatable bonds is 4. The summed E-state index contributed by atoms with van der Waals surface area (Å²) in [5.74, 6) is 6.66. The maximum absolute atomic E-state index is 10.3. The van der Waals surface area contributed by atoms with Gasteiger partial charge in [0.2, 0.25) is 0 Å². The lowest BCUT2D eigenvalue weighted by Crippen LogP contribution is -2.54. The van der Waals surface area contributed by atoms with E-state index in [1.54, 1.807) is 0 Å². The lowest BCUT2D eigenvalue weighted by atomic mass is 9.44. The molecule has 0 heterocycles. The van der Waals surface area contributed by atoms with E-state index >= 15 is 0 Å². The summed E-state index contributed by atoms with van der Waals surface area (Å²) in [4.78, 5) is 0. The van der Waals surface area contributed by atoms with Gasteiger partial charge in [-0.1, -0.05) is 53.7 Å². The Morgan fingerprint density at radius 3 is 2.21 bits per heavy atom. The van der Waals surface area contributed by atoms with Crippen molar-refractivity contribution in [2.45, 2.75) is 105 Å². The fourth-order valence-corrected chi connectivity index (χ4v) is 8.85. The zero-order valence-corrected chi connectivity index (χ0v) is 20.2. The van der Waals surface area contributed by atoms with Gasteiger partial charge in [-0.25, -0.2) is 0 Å². The lowest BCUT2D eigenvalue weighted by Gasteiger charge is -2.61. The molecule has 166 valence electrons. The molecule has 0 radical (unpaired) electrons. The molecule has 1 heteroatoms. The van der Waals surface area contributed by atoms with Crippen molar-refractivity contribution in [1.29, 1.82) is 0 Å². The summed E-state index contributed by atoms with van der Waals surface area (Å²) in [7, 11) is 0. The van der Waals surface area contributed by atoms with Crippen LogP contribution in [-0.4, -0.2) is 11.2 Å². The second-order valence-electron chi connectivity index (χ2n) is 12.7. The Kier molecular flexibility index (Phi) is 6.04. The van der Waals surface area contributed by atoms with Crippen LogP contribution in [0.3, 0.4) is 0 Å².